The van der Waals surface area contributed by atoms with Crippen molar-refractivity contribution in [1.29, 1.82) is 0 Å². The highest BCUT2D eigenvalue weighted by atomic mass is 16.3. The number of nitrogens with one attached hydrogen (secondary N) is 1. The van der Waals surface area contributed by atoms with Crippen LogP contribution in [0.2, 0.25) is 0 Å². The maximum atomic E-state index is 9.65. The zero-order valence-corrected chi connectivity index (χ0v) is 21.3. The summed E-state index contributed by atoms with van der Waals surface area (Å²) in [6.07, 6.45) is 4.39. The van der Waals surface area contributed by atoms with Crippen molar-refractivity contribution in [2.75, 3.05) is 30.0 Å². The van der Waals surface area contributed by atoms with Gasteiger partial charge in [-0.2, -0.15) is 0 Å². The number of aliphatic hydroxyl groups excluding tert-OH is 1. The molecule has 5 heteroatoms. The third-order valence-electron chi connectivity index (χ3n) is 7.09. The van der Waals surface area contributed by atoms with Gasteiger partial charge in [0.1, 0.15) is 12.0 Å². The van der Waals surface area contributed by atoms with Crippen molar-refractivity contribution in [1.82, 2.24) is 9.97 Å². The number of para-hydroxylation sites is 2. The molecule has 2 heterocycles. The number of aromatic nitrogens is 2. The van der Waals surface area contributed by atoms with E-state index < -0.39 is 0 Å². The van der Waals surface area contributed by atoms with Crippen molar-refractivity contribution in [3.63, 3.8) is 0 Å². The van der Waals surface area contributed by atoms with E-state index in [9.17, 15) is 5.11 Å². The van der Waals surface area contributed by atoms with Gasteiger partial charge in [0, 0.05) is 30.3 Å². The zero-order valence-electron chi connectivity index (χ0n) is 21.3. The fraction of sp³-hybridized carbons (Fsp3) is 0.121. The molecule has 0 saturated carbocycles. The van der Waals surface area contributed by atoms with Gasteiger partial charge in [0.2, 0.25) is 0 Å². The summed E-state index contributed by atoms with van der Waals surface area (Å²) in [5.41, 5.74) is 8.63. The summed E-state index contributed by atoms with van der Waals surface area (Å²) in [6, 6.07) is 37.4. The lowest BCUT2D eigenvalue weighted by Gasteiger charge is -2.28. The second-order valence-electron chi connectivity index (χ2n) is 9.45. The zero-order chi connectivity index (χ0) is 25.9. The van der Waals surface area contributed by atoms with Gasteiger partial charge >= 0.3 is 0 Å². The van der Waals surface area contributed by atoms with Crippen molar-refractivity contribution in [2.24, 2.45) is 0 Å². The molecule has 6 rings (SSSR count). The highest BCUT2D eigenvalue weighted by molar-refractivity contribution is 5.82. The van der Waals surface area contributed by atoms with Gasteiger partial charge in [-0.1, -0.05) is 103 Å². The predicted molar refractivity (Wildman–Crippen MR) is 157 cm³/mol. The number of likely N-dealkylation sites (N-methyl/N-ethyl adjacent to an activating group) is 1. The monoisotopic (exact) mass is 498 g/mol. The Morgan fingerprint density at radius 1 is 0.763 bits per heavy atom. The van der Waals surface area contributed by atoms with E-state index in [1.165, 1.54) is 5.69 Å². The van der Waals surface area contributed by atoms with Crippen LogP contribution in [0.25, 0.3) is 40.0 Å². The number of benzene rings is 4. The van der Waals surface area contributed by atoms with Gasteiger partial charge in [0.15, 0.2) is 0 Å². The van der Waals surface area contributed by atoms with E-state index in [1.807, 2.05) is 42.5 Å². The Kier molecular flexibility index (Phi) is 6.51. The van der Waals surface area contributed by atoms with Crippen LogP contribution < -0.4 is 9.80 Å². The van der Waals surface area contributed by atoms with E-state index in [1.54, 1.807) is 0 Å². The Morgan fingerprint density at radius 2 is 1.39 bits per heavy atom. The third kappa shape index (κ3) is 4.49. The first-order chi connectivity index (χ1) is 18.7. The minimum Gasteiger partial charge on any atom is -0.395 e. The van der Waals surface area contributed by atoms with Crippen LogP contribution >= 0.6 is 0 Å². The Hall–Kier alpha value is -4.61. The number of aliphatic hydroxyl groups is 1. The first-order valence-corrected chi connectivity index (χ1v) is 12.9. The average Bonchev–Trinajstić information content (AvgIpc) is 3.54. The number of nitrogens with zero attached hydrogens (tertiary/aromatic N) is 3. The van der Waals surface area contributed by atoms with Gasteiger partial charge < -0.3 is 19.9 Å². The lowest BCUT2D eigenvalue weighted by atomic mass is 10.1. The Balaban J connectivity index is 1.28. The number of hydrogen-bond donors (Lipinski definition) is 2. The highest BCUT2D eigenvalue weighted by Crippen LogP contribution is 2.39. The molecule has 1 aliphatic rings. The summed E-state index contributed by atoms with van der Waals surface area (Å²) in [4.78, 5) is 13.1. The fourth-order valence-corrected chi connectivity index (χ4v) is 5.17. The molecule has 38 heavy (non-hydrogen) atoms. The molecule has 0 amide bonds. The molecule has 1 unspecified atom stereocenters. The summed E-state index contributed by atoms with van der Waals surface area (Å²) in [7, 11) is 2.10. The first-order valence-electron chi connectivity index (χ1n) is 12.9. The second kappa shape index (κ2) is 10.4. The van der Waals surface area contributed by atoms with Crippen LogP contribution in [-0.4, -0.2) is 41.4 Å². The molecule has 1 atom stereocenters. The normalized spacial score (nSPS) is 14.8. The molecule has 0 bridgehead atoms. The van der Waals surface area contributed by atoms with Gasteiger partial charge in [-0.3, -0.25) is 0 Å². The maximum Gasteiger partial charge on any atom is 0.138 e. The SMILES string of the molecule is CN1c2ccccc2N(CCO)C1/C=C/c1ccc(-c2nc(-c3ccccc3)c(-c3ccccc3)[nH]2)cc1. The van der Waals surface area contributed by atoms with Crippen LogP contribution in [-0.2, 0) is 0 Å². The molecule has 5 aromatic rings. The number of hydrogen-bond acceptors (Lipinski definition) is 4. The summed E-state index contributed by atoms with van der Waals surface area (Å²) in [5.74, 6) is 0.846. The predicted octanol–water partition coefficient (Wildman–Crippen LogP) is 6.70. The molecule has 0 aliphatic carbocycles. The topological polar surface area (TPSA) is 55.4 Å². The number of imidazole rings is 1. The van der Waals surface area contributed by atoms with E-state index in [0.29, 0.717) is 6.54 Å². The standard InChI is InChI=1S/C33H30N4O/c1-36-28-14-8-9-15-29(28)37(22-23-38)30(36)21-18-24-16-19-27(20-17-24)33-34-31(25-10-4-2-5-11-25)32(35-33)26-12-6-3-7-13-26/h2-21,30,38H,22-23H2,1H3,(H,34,35)/b21-18+. The smallest absolute Gasteiger partial charge is 0.138 e. The van der Waals surface area contributed by atoms with E-state index in [0.717, 1.165) is 45.2 Å². The lowest BCUT2D eigenvalue weighted by molar-refractivity contribution is 0.300. The lowest BCUT2D eigenvalue weighted by Crippen LogP contribution is -2.41. The molecule has 0 spiro atoms. The quantitative estimate of drug-likeness (QED) is 0.262. The Labute approximate surface area is 223 Å². The minimum absolute atomic E-state index is 0.0474. The average molecular weight is 499 g/mol. The van der Waals surface area contributed by atoms with Crippen LogP contribution in [0.15, 0.2) is 115 Å². The number of H-pyrrole nitrogens is 1. The van der Waals surface area contributed by atoms with Crippen LogP contribution in [0.5, 0.6) is 0 Å². The Morgan fingerprint density at radius 3 is 2.08 bits per heavy atom. The Bertz CT molecular complexity index is 1480. The molecule has 0 radical (unpaired) electrons. The molecule has 4 aromatic carbocycles. The van der Waals surface area contributed by atoms with Gasteiger partial charge in [0.05, 0.1) is 29.4 Å². The number of fused-ring (bicyclic) bond motifs is 1. The molecule has 2 N–H and O–H groups in total. The van der Waals surface area contributed by atoms with E-state index >= 15 is 0 Å². The molecular formula is C33H30N4O. The molecular weight excluding hydrogens is 468 g/mol. The van der Waals surface area contributed by atoms with Gasteiger partial charge in [-0.25, -0.2) is 4.98 Å². The second-order valence-corrected chi connectivity index (χ2v) is 9.45. The highest BCUT2D eigenvalue weighted by Gasteiger charge is 2.30. The summed E-state index contributed by atoms with van der Waals surface area (Å²) in [6.45, 7) is 0.696. The number of anilines is 2. The molecule has 1 aromatic heterocycles. The molecule has 0 fully saturated rings. The number of β-amino-alcohol motifs (C(OH)–C–C–N with tert-alkyl or cyclic N) is 1. The largest absolute Gasteiger partial charge is 0.395 e. The molecule has 1 aliphatic heterocycles. The first kappa shape index (κ1) is 23.8. The summed E-state index contributed by atoms with van der Waals surface area (Å²) >= 11 is 0. The summed E-state index contributed by atoms with van der Waals surface area (Å²) < 4.78 is 0. The van der Waals surface area contributed by atoms with Crippen molar-refractivity contribution < 1.29 is 5.11 Å². The van der Waals surface area contributed by atoms with E-state index in [4.69, 9.17) is 4.98 Å². The van der Waals surface area contributed by atoms with Gasteiger partial charge in [-0.05, 0) is 23.8 Å². The van der Waals surface area contributed by atoms with Crippen molar-refractivity contribution in [3.8, 4) is 33.9 Å². The molecule has 5 nitrogen and oxygen atoms in total. The third-order valence-corrected chi connectivity index (χ3v) is 7.09. The van der Waals surface area contributed by atoms with Crippen molar-refractivity contribution in [3.05, 3.63) is 121 Å². The number of aromatic amines is 1. The van der Waals surface area contributed by atoms with Crippen LogP contribution in [0.1, 0.15) is 5.56 Å². The maximum absolute atomic E-state index is 9.65. The molecule has 0 saturated heterocycles. The minimum atomic E-state index is 0.0474. The van der Waals surface area contributed by atoms with E-state index in [-0.39, 0.29) is 12.8 Å². The fourth-order valence-electron chi connectivity index (χ4n) is 5.17. The van der Waals surface area contributed by atoms with E-state index in [2.05, 4.69) is 101 Å². The van der Waals surface area contributed by atoms with Gasteiger partial charge in [-0.15, -0.1) is 0 Å². The van der Waals surface area contributed by atoms with Gasteiger partial charge in [0.25, 0.3) is 0 Å². The van der Waals surface area contributed by atoms with Crippen molar-refractivity contribution in [2.45, 2.75) is 6.17 Å². The summed E-state index contributed by atoms with van der Waals surface area (Å²) in [5, 5.41) is 9.65. The molecule has 188 valence electrons. The number of rotatable bonds is 7. The van der Waals surface area contributed by atoms with Crippen LogP contribution in [0.3, 0.4) is 0 Å². The van der Waals surface area contributed by atoms with Crippen molar-refractivity contribution >= 4 is 17.5 Å². The van der Waals surface area contributed by atoms with Crippen LogP contribution in [0, 0.1) is 0 Å². The van der Waals surface area contributed by atoms with Crippen LogP contribution in [0.4, 0.5) is 11.4 Å².